The highest BCUT2D eigenvalue weighted by atomic mass is 19.4. The van der Waals surface area contributed by atoms with Gasteiger partial charge in [-0.2, -0.15) is 13.2 Å². The summed E-state index contributed by atoms with van der Waals surface area (Å²) in [5.74, 6) is -3.48. The Balaban J connectivity index is 1.82. The number of urea groups is 1. The Morgan fingerprint density at radius 2 is 1.60 bits per heavy atom. The van der Waals surface area contributed by atoms with E-state index in [9.17, 15) is 18.0 Å². The monoisotopic (exact) mass is 352 g/mol. The normalized spacial score (nSPS) is 14.9. The van der Waals surface area contributed by atoms with E-state index in [2.05, 4.69) is 5.32 Å². The second kappa shape index (κ2) is 6.19. The van der Waals surface area contributed by atoms with Crippen molar-refractivity contribution in [2.45, 2.75) is 25.4 Å². The summed E-state index contributed by atoms with van der Waals surface area (Å²) < 4.78 is 50.4. The fourth-order valence-electron chi connectivity index (χ4n) is 2.44. The van der Waals surface area contributed by atoms with Gasteiger partial charge in [-0.15, -0.1) is 0 Å². The third-order valence-corrected chi connectivity index (χ3v) is 3.65. The molecule has 2 aromatic carbocycles. The van der Waals surface area contributed by atoms with Crippen LogP contribution in [0, 0.1) is 0 Å². The molecule has 5 nitrogen and oxygen atoms in total. The molecular formula is C17H15F3N2O3. The lowest BCUT2D eigenvalue weighted by atomic mass is 10.1. The lowest BCUT2D eigenvalue weighted by Gasteiger charge is -2.29. The minimum absolute atomic E-state index is 0.103. The molecule has 1 heterocycles. The van der Waals surface area contributed by atoms with E-state index < -0.39 is 18.1 Å². The van der Waals surface area contributed by atoms with E-state index in [1.165, 1.54) is 24.3 Å². The van der Waals surface area contributed by atoms with Crippen molar-refractivity contribution in [1.82, 2.24) is 5.32 Å². The summed E-state index contributed by atoms with van der Waals surface area (Å²) in [7, 11) is 0. The van der Waals surface area contributed by atoms with Gasteiger partial charge in [-0.3, -0.25) is 5.32 Å². The summed E-state index contributed by atoms with van der Waals surface area (Å²) in [6, 6.07) is 11.4. The highest BCUT2D eigenvalue weighted by molar-refractivity contribution is 5.90. The zero-order chi connectivity index (χ0) is 18.1. The van der Waals surface area contributed by atoms with Gasteiger partial charge in [0.15, 0.2) is 11.5 Å². The second-order valence-corrected chi connectivity index (χ2v) is 5.36. The van der Waals surface area contributed by atoms with E-state index in [0.717, 1.165) is 5.56 Å². The summed E-state index contributed by atoms with van der Waals surface area (Å²) in [6.45, 7) is 1.87. The lowest BCUT2D eigenvalue weighted by Crippen LogP contribution is -2.65. The lowest BCUT2D eigenvalue weighted by molar-refractivity contribution is -0.317. The number of benzene rings is 2. The Kier molecular flexibility index (Phi) is 4.20. The number of hydrogen-bond acceptors (Lipinski definition) is 3. The number of fused-ring (bicyclic) bond motifs is 1. The molecular weight excluding hydrogens is 337 g/mol. The van der Waals surface area contributed by atoms with Crippen LogP contribution < -0.4 is 20.1 Å². The SMILES string of the molecule is CCc1ccccc1NC(=O)NC1(C(F)(F)F)Oc2ccccc2O1. The molecule has 0 aliphatic carbocycles. The van der Waals surface area contributed by atoms with E-state index in [4.69, 9.17) is 9.47 Å². The standard InChI is InChI=1S/C17H15F3N2O3/c1-2-11-7-3-4-8-12(11)21-15(23)22-17(16(18,19)20)24-13-9-5-6-10-14(13)25-17/h3-10H,2H2,1H3,(H2,21,22,23). The topological polar surface area (TPSA) is 59.6 Å². The van der Waals surface area contributed by atoms with Crippen molar-refractivity contribution < 1.29 is 27.4 Å². The number of halogens is 3. The van der Waals surface area contributed by atoms with Gasteiger partial charge in [-0.1, -0.05) is 37.3 Å². The number of aryl methyl sites for hydroxylation is 1. The zero-order valence-electron chi connectivity index (χ0n) is 13.2. The molecule has 0 spiro atoms. The van der Waals surface area contributed by atoms with Gasteiger partial charge in [0.25, 0.3) is 0 Å². The Hall–Kier alpha value is -2.90. The molecule has 2 N–H and O–H groups in total. The van der Waals surface area contributed by atoms with Gasteiger partial charge in [0.05, 0.1) is 0 Å². The summed E-state index contributed by atoms with van der Waals surface area (Å²) in [5, 5.41) is 4.16. The number of amides is 2. The fourth-order valence-corrected chi connectivity index (χ4v) is 2.44. The van der Waals surface area contributed by atoms with E-state index >= 15 is 0 Å². The third kappa shape index (κ3) is 3.19. The summed E-state index contributed by atoms with van der Waals surface area (Å²) in [6.07, 6.45) is -4.38. The Labute approximate surface area is 141 Å². The number of anilines is 1. The van der Waals surface area contributed by atoms with Crippen LogP contribution in [-0.2, 0) is 6.42 Å². The van der Waals surface area contributed by atoms with Crippen LogP contribution in [0.5, 0.6) is 11.5 Å². The molecule has 1 aliphatic rings. The maximum absolute atomic E-state index is 13.5. The number of carbonyl (C=O) groups is 1. The van der Waals surface area contributed by atoms with Crippen molar-refractivity contribution in [3.63, 3.8) is 0 Å². The first kappa shape index (κ1) is 16.9. The molecule has 2 amide bonds. The maximum atomic E-state index is 13.5. The summed E-state index contributed by atoms with van der Waals surface area (Å²) in [5.41, 5.74) is 1.20. The van der Waals surface area contributed by atoms with Crippen molar-refractivity contribution in [1.29, 1.82) is 0 Å². The van der Waals surface area contributed by atoms with E-state index in [1.54, 1.807) is 29.6 Å². The van der Waals surface area contributed by atoms with Crippen molar-refractivity contribution in [2.75, 3.05) is 5.32 Å². The van der Waals surface area contributed by atoms with Gasteiger partial charge in [0.2, 0.25) is 0 Å². The Morgan fingerprint density at radius 3 is 2.16 bits per heavy atom. The highest BCUT2D eigenvalue weighted by Gasteiger charge is 2.65. The first-order valence-electron chi connectivity index (χ1n) is 7.55. The highest BCUT2D eigenvalue weighted by Crippen LogP contribution is 2.44. The van der Waals surface area contributed by atoms with Crippen LogP contribution in [0.4, 0.5) is 23.7 Å². The predicted molar refractivity (Wildman–Crippen MR) is 84.5 cm³/mol. The molecule has 0 atom stereocenters. The molecule has 0 saturated heterocycles. The Bertz CT molecular complexity index is 768. The molecule has 0 fully saturated rings. The first-order valence-corrected chi connectivity index (χ1v) is 7.55. The van der Waals surface area contributed by atoms with Crippen molar-refractivity contribution >= 4 is 11.7 Å². The van der Waals surface area contributed by atoms with Crippen molar-refractivity contribution in [3.8, 4) is 11.5 Å². The van der Waals surface area contributed by atoms with Gasteiger partial charge in [0, 0.05) is 5.69 Å². The molecule has 0 radical (unpaired) electrons. The molecule has 2 aromatic rings. The van der Waals surface area contributed by atoms with Gasteiger partial charge in [-0.25, -0.2) is 4.79 Å². The van der Waals surface area contributed by atoms with Crippen LogP contribution in [0.3, 0.4) is 0 Å². The van der Waals surface area contributed by atoms with Crippen LogP contribution in [0.2, 0.25) is 0 Å². The smallest absolute Gasteiger partial charge is 0.424 e. The molecule has 0 saturated carbocycles. The zero-order valence-corrected chi connectivity index (χ0v) is 13.2. The molecule has 25 heavy (non-hydrogen) atoms. The summed E-state index contributed by atoms with van der Waals surface area (Å²) >= 11 is 0. The third-order valence-electron chi connectivity index (χ3n) is 3.65. The number of rotatable bonds is 3. The van der Waals surface area contributed by atoms with Crippen LogP contribution in [0.1, 0.15) is 12.5 Å². The van der Waals surface area contributed by atoms with Gasteiger partial charge < -0.3 is 14.8 Å². The molecule has 0 unspecified atom stereocenters. The van der Waals surface area contributed by atoms with E-state index in [1.807, 2.05) is 6.92 Å². The minimum atomic E-state index is -4.99. The average Bonchev–Trinajstić information content (AvgIpc) is 2.94. The van der Waals surface area contributed by atoms with E-state index in [-0.39, 0.29) is 11.5 Å². The fraction of sp³-hybridized carbons (Fsp3) is 0.235. The Morgan fingerprint density at radius 1 is 1.04 bits per heavy atom. The predicted octanol–water partition coefficient (Wildman–Crippen LogP) is 4.06. The number of nitrogens with one attached hydrogen (secondary N) is 2. The molecule has 0 aromatic heterocycles. The van der Waals surface area contributed by atoms with Gasteiger partial charge in [0.1, 0.15) is 0 Å². The number of hydrogen-bond donors (Lipinski definition) is 2. The largest absolute Gasteiger partial charge is 0.492 e. The van der Waals surface area contributed by atoms with Crippen molar-refractivity contribution in [3.05, 3.63) is 54.1 Å². The number of para-hydroxylation sites is 3. The maximum Gasteiger partial charge on any atom is 0.492 e. The second-order valence-electron chi connectivity index (χ2n) is 5.36. The summed E-state index contributed by atoms with van der Waals surface area (Å²) in [4.78, 5) is 12.2. The molecule has 1 aliphatic heterocycles. The van der Waals surface area contributed by atoms with Crippen LogP contribution >= 0.6 is 0 Å². The van der Waals surface area contributed by atoms with Crippen LogP contribution in [0.25, 0.3) is 0 Å². The quantitative estimate of drug-likeness (QED) is 0.876. The first-order chi connectivity index (χ1) is 11.8. The molecule has 132 valence electrons. The molecule has 0 bridgehead atoms. The molecule has 3 rings (SSSR count). The van der Waals surface area contributed by atoms with E-state index in [0.29, 0.717) is 12.1 Å². The number of ether oxygens (including phenoxy) is 2. The average molecular weight is 352 g/mol. The van der Waals surface area contributed by atoms with Crippen LogP contribution in [-0.4, -0.2) is 18.1 Å². The van der Waals surface area contributed by atoms with Crippen molar-refractivity contribution in [2.24, 2.45) is 0 Å². The number of alkyl halides is 3. The van der Waals surface area contributed by atoms with Gasteiger partial charge >= 0.3 is 18.1 Å². The van der Waals surface area contributed by atoms with Crippen LogP contribution in [0.15, 0.2) is 48.5 Å². The number of carbonyl (C=O) groups excluding carboxylic acids is 1. The molecule has 8 heteroatoms. The minimum Gasteiger partial charge on any atom is -0.424 e. The van der Waals surface area contributed by atoms with Gasteiger partial charge in [-0.05, 0) is 30.2 Å².